The average molecular weight is 415 g/mol. The summed E-state index contributed by atoms with van der Waals surface area (Å²) >= 11 is 0. The molecule has 0 radical (unpaired) electrons. The van der Waals surface area contributed by atoms with Gasteiger partial charge >= 0.3 is 0 Å². The fourth-order valence-electron chi connectivity index (χ4n) is 3.03. The van der Waals surface area contributed by atoms with Crippen LogP contribution >= 0.6 is 0 Å². The number of nitrogens with one attached hydrogen (secondary N) is 1. The number of rotatable bonds is 10. The lowest BCUT2D eigenvalue weighted by Crippen LogP contribution is -2.27. The third-order valence-corrected chi connectivity index (χ3v) is 4.44. The predicted molar refractivity (Wildman–Crippen MR) is 122 cm³/mol. The van der Waals surface area contributed by atoms with Gasteiger partial charge in [-0.2, -0.15) is 5.26 Å². The quantitative estimate of drug-likeness (QED) is 0.267. The van der Waals surface area contributed by atoms with Crippen LogP contribution in [0.3, 0.4) is 0 Å². The number of nitriles is 1. The Kier molecular flexibility index (Phi) is 8.95. The van der Waals surface area contributed by atoms with Gasteiger partial charge in [-0.05, 0) is 49.6 Å². The summed E-state index contributed by atoms with van der Waals surface area (Å²) in [4.78, 5) is 12.7. The number of carbonyl (C=O) groups excluding carboxylic acids is 1. The van der Waals surface area contributed by atoms with Gasteiger partial charge in [-0.25, -0.2) is 0 Å². The lowest BCUT2D eigenvalue weighted by molar-refractivity contribution is -0.117. The molecule has 2 rings (SSSR count). The summed E-state index contributed by atoms with van der Waals surface area (Å²) < 4.78 is 11.4. The lowest BCUT2D eigenvalue weighted by atomic mass is 10.0. The molecule has 158 valence electrons. The van der Waals surface area contributed by atoms with Crippen LogP contribution in [-0.4, -0.2) is 19.1 Å². The monoisotopic (exact) mass is 414 g/mol. The fraction of sp³-hybridized carbons (Fsp3) is 0.231. The third-order valence-electron chi connectivity index (χ3n) is 4.44. The summed E-state index contributed by atoms with van der Waals surface area (Å²) in [7, 11) is 0. The molecule has 0 aliphatic rings. The maximum absolute atomic E-state index is 12.7. The molecular weight excluding hydrogens is 388 g/mol. The Labute approximate surface area is 184 Å². The Morgan fingerprint density at radius 3 is 2.65 bits per heavy atom. The van der Waals surface area contributed by atoms with Crippen molar-refractivity contribution in [3.63, 3.8) is 0 Å². The maximum atomic E-state index is 12.7. The highest BCUT2D eigenvalue weighted by Gasteiger charge is 2.16. The van der Waals surface area contributed by atoms with Crippen LogP contribution in [0.15, 0.2) is 60.7 Å². The minimum Gasteiger partial charge on any atom is -0.490 e. The van der Waals surface area contributed by atoms with E-state index in [-0.39, 0.29) is 18.2 Å². The molecule has 0 unspecified atom stereocenters. The van der Waals surface area contributed by atoms with Crippen molar-refractivity contribution in [2.45, 2.75) is 26.3 Å². The first-order valence-electron chi connectivity index (χ1n) is 9.98. The number of hydrogen-bond acceptors (Lipinski definition) is 4. The molecule has 5 heteroatoms. The molecule has 0 bridgehead atoms. The Bertz CT molecular complexity index is 1030. The number of allylic oxidation sites excluding steroid dienone is 1. The SMILES string of the molecule is C#CCOc1c(CC=C)cc(/C=C(/C#N)C(=O)N[C@@H](C)c2ccccc2)cc1OCC. The first kappa shape index (κ1) is 23.3. The normalized spacial score (nSPS) is 11.5. The molecule has 0 heterocycles. The molecular formula is C26H26N2O3. The molecule has 2 aromatic rings. The Balaban J connectivity index is 2.37. The highest BCUT2D eigenvalue weighted by atomic mass is 16.5. The number of carbonyl (C=O) groups is 1. The van der Waals surface area contributed by atoms with Crippen molar-refractivity contribution in [2.75, 3.05) is 13.2 Å². The highest BCUT2D eigenvalue weighted by molar-refractivity contribution is 6.02. The first-order chi connectivity index (χ1) is 15.0. The highest BCUT2D eigenvalue weighted by Crippen LogP contribution is 2.34. The van der Waals surface area contributed by atoms with Crippen LogP contribution in [0.5, 0.6) is 11.5 Å². The topological polar surface area (TPSA) is 71.3 Å². The summed E-state index contributed by atoms with van der Waals surface area (Å²) in [5.74, 6) is 3.03. The van der Waals surface area contributed by atoms with Crippen LogP contribution in [0.1, 0.15) is 36.6 Å². The Morgan fingerprint density at radius 2 is 2.03 bits per heavy atom. The molecule has 2 aromatic carbocycles. The van der Waals surface area contributed by atoms with Gasteiger partial charge in [-0.1, -0.05) is 42.3 Å². The minimum absolute atomic E-state index is 0.00734. The van der Waals surface area contributed by atoms with E-state index < -0.39 is 5.91 Å². The van der Waals surface area contributed by atoms with Gasteiger partial charge in [0.2, 0.25) is 0 Å². The van der Waals surface area contributed by atoms with Crippen molar-refractivity contribution in [1.29, 1.82) is 5.26 Å². The van der Waals surface area contributed by atoms with Crippen LogP contribution in [0.25, 0.3) is 6.08 Å². The molecule has 0 fully saturated rings. The van der Waals surface area contributed by atoms with E-state index in [0.29, 0.717) is 30.1 Å². The molecule has 0 saturated carbocycles. The smallest absolute Gasteiger partial charge is 0.262 e. The summed E-state index contributed by atoms with van der Waals surface area (Å²) in [5, 5.41) is 12.4. The number of hydrogen-bond donors (Lipinski definition) is 1. The molecule has 0 aliphatic carbocycles. The van der Waals surface area contributed by atoms with Crippen LogP contribution in [0.4, 0.5) is 0 Å². The largest absolute Gasteiger partial charge is 0.490 e. The number of benzene rings is 2. The second-order valence-electron chi connectivity index (χ2n) is 6.70. The molecule has 0 aromatic heterocycles. The number of terminal acetylenes is 1. The van der Waals surface area contributed by atoms with Gasteiger partial charge in [0.05, 0.1) is 12.6 Å². The zero-order chi connectivity index (χ0) is 22.6. The van der Waals surface area contributed by atoms with Crippen LogP contribution < -0.4 is 14.8 Å². The van der Waals surface area contributed by atoms with Crippen molar-refractivity contribution in [1.82, 2.24) is 5.32 Å². The fourth-order valence-corrected chi connectivity index (χ4v) is 3.03. The Morgan fingerprint density at radius 1 is 1.29 bits per heavy atom. The van der Waals surface area contributed by atoms with E-state index in [4.69, 9.17) is 15.9 Å². The molecule has 0 saturated heterocycles. The third kappa shape index (κ3) is 6.52. The zero-order valence-corrected chi connectivity index (χ0v) is 17.9. The molecule has 0 aliphatic heterocycles. The summed E-state index contributed by atoms with van der Waals surface area (Å²) in [6.07, 6.45) is 9.11. The standard InChI is InChI=1S/C26H26N2O3/c1-5-11-22-15-20(17-24(30-7-3)25(22)31-14-6-2)16-23(18-27)26(29)28-19(4)21-12-9-8-10-13-21/h2,5,8-10,12-13,15-17,19H,1,7,11,14H2,3-4H3,(H,28,29)/b23-16-/t19-/m0/s1. The van der Waals surface area contributed by atoms with Crippen LogP contribution in [0.2, 0.25) is 0 Å². The zero-order valence-electron chi connectivity index (χ0n) is 17.9. The van der Waals surface area contributed by atoms with Crippen LogP contribution in [-0.2, 0) is 11.2 Å². The van der Waals surface area contributed by atoms with Crippen molar-refractivity contribution < 1.29 is 14.3 Å². The van der Waals surface area contributed by atoms with Crippen molar-refractivity contribution in [3.8, 4) is 29.9 Å². The van der Waals surface area contributed by atoms with Crippen molar-refractivity contribution in [3.05, 3.63) is 77.4 Å². The van der Waals surface area contributed by atoms with Gasteiger partial charge < -0.3 is 14.8 Å². The van der Waals surface area contributed by atoms with Gasteiger partial charge in [0, 0.05) is 5.56 Å². The number of amides is 1. The second kappa shape index (κ2) is 11.9. The second-order valence-corrected chi connectivity index (χ2v) is 6.70. The summed E-state index contributed by atoms with van der Waals surface area (Å²) in [6, 6.07) is 14.9. The molecule has 0 spiro atoms. The molecule has 5 nitrogen and oxygen atoms in total. The molecule has 31 heavy (non-hydrogen) atoms. The number of ether oxygens (including phenoxy) is 2. The van der Waals surface area contributed by atoms with Crippen molar-refractivity contribution >= 4 is 12.0 Å². The van der Waals surface area contributed by atoms with E-state index in [9.17, 15) is 10.1 Å². The van der Waals surface area contributed by atoms with Gasteiger partial charge in [0.25, 0.3) is 5.91 Å². The van der Waals surface area contributed by atoms with E-state index in [1.807, 2.05) is 56.3 Å². The summed E-state index contributed by atoms with van der Waals surface area (Å²) in [5.41, 5.74) is 2.40. The number of nitrogens with zero attached hydrogens (tertiary/aromatic N) is 1. The Hall–Kier alpha value is -3.96. The van der Waals surface area contributed by atoms with Gasteiger partial charge in [0.15, 0.2) is 11.5 Å². The lowest BCUT2D eigenvalue weighted by Gasteiger charge is -2.16. The predicted octanol–water partition coefficient (Wildman–Crippen LogP) is 4.61. The maximum Gasteiger partial charge on any atom is 0.262 e. The molecule has 1 amide bonds. The molecule has 1 N–H and O–H groups in total. The minimum atomic E-state index is -0.449. The van der Waals surface area contributed by atoms with E-state index in [1.165, 1.54) is 6.08 Å². The van der Waals surface area contributed by atoms with Crippen molar-refractivity contribution in [2.24, 2.45) is 0 Å². The van der Waals surface area contributed by atoms with E-state index in [0.717, 1.165) is 11.1 Å². The van der Waals surface area contributed by atoms with Gasteiger partial charge in [0.1, 0.15) is 18.2 Å². The van der Waals surface area contributed by atoms with Gasteiger partial charge in [-0.15, -0.1) is 13.0 Å². The molecule has 1 atom stereocenters. The van der Waals surface area contributed by atoms with E-state index in [1.54, 1.807) is 12.1 Å². The average Bonchev–Trinajstić information content (AvgIpc) is 2.77. The van der Waals surface area contributed by atoms with E-state index in [2.05, 4.69) is 17.8 Å². The van der Waals surface area contributed by atoms with Gasteiger partial charge in [-0.3, -0.25) is 4.79 Å². The van der Waals surface area contributed by atoms with Crippen LogP contribution in [0, 0.1) is 23.7 Å². The first-order valence-corrected chi connectivity index (χ1v) is 9.98. The summed E-state index contributed by atoms with van der Waals surface area (Å²) in [6.45, 7) is 8.04. The van der Waals surface area contributed by atoms with E-state index >= 15 is 0 Å².